The van der Waals surface area contributed by atoms with Gasteiger partial charge in [0.1, 0.15) is 0 Å². The molecule has 0 amide bonds. The first-order valence-corrected chi connectivity index (χ1v) is 6.99. The summed E-state index contributed by atoms with van der Waals surface area (Å²) in [7, 11) is -3.19. The number of sulfone groups is 1. The monoisotopic (exact) mass is 237 g/mol. The Hall–Kier alpha value is -1.29. The first-order chi connectivity index (χ1) is 7.30. The van der Waals surface area contributed by atoms with Gasteiger partial charge in [-0.1, -0.05) is 18.2 Å². The third-order valence-electron chi connectivity index (χ3n) is 2.54. The van der Waals surface area contributed by atoms with E-state index < -0.39 is 9.84 Å². The maximum atomic E-state index is 11.7. The third kappa shape index (κ3) is 1.97. The molecule has 0 spiro atoms. The van der Waals surface area contributed by atoms with Crippen molar-refractivity contribution in [2.24, 2.45) is 0 Å². The summed E-state index contributed by atoms with van der Waals surface area (Å²) in [5.74, 6) is 0. The van der Waals surface area contributed by atoms with E-state index in [2.05, 4.69) is 5.32 Å². The largest absolute Gasteiger partial charge is 0.376 e. The SMILES string of the molecule is CC1(C)C=C(S(C)(=O)=O)c2ccccc2N1. The Morgan fingerprint density at radius 1 is 1.19 bits per heavy atom. The zero-order chi connectivity index (χ0) is 12.0. The van der Waals surface area contributed by atoms with E-state index in [4.69, 9.17) is 0 Å². The van der Waals surface area contributed by atoms with E-state index in [1.54, 1.807) is 6.08 Å². The van der Waals surface area contributed by atoms with Gasteiger partial charge in [-0.15, -0.1) is 0 Å². The number of hydrogen-bond donors (Lipinski definition) is 1. The van der Waals surface area contributed by atoms with Gasteiger partial charge >= 0.3 is 0 Å². The second-order valence-corrected chi connectivity index (χ2v) is 6.66. The minimum Gasteiger partial charge on any atom is -0.376 e. The number of rotatable bonds is 1. The van der Waals surface area contributed by atoms with Crippen LogP contribution in [0.15, 0.2) is 30.3 Å². The second kappa shape index (κ2) is 3.35. The summed E-state index contributed by atoms with van der Waals surface area (Å²) in [4.78, 5) is 0.409. The van der Waals surface area contributed by atoms with Crippen LogP contribution in [0, 0.1) is 0 Å². The molecule has 1 aliphatic rings. The summed E-state index contributed by atoms with van der Waals surface area (Å²) in [6.07, 6.45) is 3.02. The third-order valence-corrected chi connectivity index (χ3v) is 3.68. The van der Waals surface area contributed by atoms with Gasteiger partial charge in [0, 0.05) is 17.5 Å². The fraction of sp³-hybridized carbons (Fsp3) is 0.333. The van der Waals surface area contributed by atoms with Crippen LogP contribution in [-0.4, -0.2) is 20.2 Å². The summed E-state index contributed by atoms with van der Waals surface area (Å²) in [5, 5.41) is 3.30. The molecule has 0 bridgehead atoms. The van der Waals surface area contributed by atoms with Gasteiger partial charge < -0.3 is 5.32 Å². The Kier molecular flexibility index (Phi) is 2.35. The molecule has 16 heavy (non-hydrogen) atoms. The summed E-state index contributed by atoms with van der Waals surface area (Å²) in [6.45, 7) is 3.90. The zero-order valence-electron chi connectivity index (χ0n) is 9.61. The van der Waals surface area contributed by atoms with E-state index >= 15 is 0 Å². The van der Waals surface area contributed by atoms with Crippen LogP contribution in [-0.2, 0) is 9.84 Å². The van der Waals surface area contributed by atoms with Crippen LogP contribution in [0.1, 0.15) is 19.4 Å². The topological polar surface area (TPSA) is 46.2 Å². The van der Waals surface area contributed by atoms with Crippen molar-refractivity contribution in [1.29, 1.82) is 0 Å². The molecule has 0 saturated heterocycles. The fourth-order valence-corrected chi connectivity index (χ4v) is 2.99. The molecule has 4 heteroatoms. The molecule has 0 unspecified atom stereocenters. The molecule has 3 nitrogen and oxygen atoms in total. The maximum absolute atomic E-state index is 11.7. The summed E-state index contributed by atoms with van der Waals surface area (Å²) >= 11 is 0. The average Bonchev–Trinajstić information content (AvgIpc) is 2.13. The lowest BCUT2D eigenvalue weighted by Gasteiger charge is -2.31. The van der Waals surface area contributed by atoms with Crippen molar-refractivity contribution in [3.05, 3.63) is 35.9 Å². The standard InChI is InChI=1S/C12H15NO2S/c1-12(2)8-11(16(3,14)15)9-6-4-5-7-10(9)13-12/h4-8,13H,1-3H3. The number of fused-ring (bicyclic) bond motifs is 1. The van der Waals surface area contributed by atoms with E-state index in [-0.39, 0.29) is 5.54 Å². The van der Waals surface area contributed by atoms with Crippen molar-refractivity contribution in [2.75, 3.05) is 11.6 Å². The van der Waals surface area contributed by atoms with Gasteiger partial charge in [0.25, 0.3) is 0 Å². The van der Waals surface area contributed by atoms with Gasteiger partial charge in [-0.2, -0.15) is 0 Å². The van der Waals surface area contributed by atoms with Gasteiger partial charge in [-0.3, -0.25) is 0 Å². The summed E-state index contributed by atoms with van der Waals surface area (Å²) in [6, 6.07) is 7.46. The molecule has 0 fully saturated rings. The normalized spacial score (nSPS) is 18.3. The Morgan fingerprint density at radius 2 is 1.81 bits per heavy atom. The highest BCUT2D eigenvalue weighted by atomic mass is 32.2. The van der Waals surface area contributed by atoms with Gasteiger partial charge in [-0.25, -0.2) is 8.42 Å². The van der Waals surface area contributed by atoms with Crippen LogP contribution in [0.5, 0.6) is 0 Å². The zero-order valence-corrected chi connectivity index (χ0v) is 10.4. The first-order valence-electron chi connectivity index (χ1n) is 5.10. The first kappa shape index (κ1) is 11.2. The smallest absolute Gasteiger partial charge is 0.175 e. The minimum atomic E-state index is -3.19. The maximum Gasteiger partial charge on any atom is 0.175 e. The lowest BCUT2D eigenvalue weighted by atomic mass is 9.97. The van der Waals surface area contributed by atoms with Crippen LogP contribution >= 0.6 is 0 Å². The minimum absolute atomic E-state index is 0.341. The number of anilines is 1. The molecule has 0 atom stereocenters. The van der Waals surface area contributed by atoms with E-state index in [9.17, 15) is 8.42 Å². The molecule has 0 radical (unpaired) electrons. The molecule has 1 heterocycles. The van der Waals surface area contributed by atoms with Crippen molar-refractivity contribution in [2.45, 2.75) is 19.4 Å². The number of benzene rings is 1. The fourth-order valence-electron chi connectivity index (χ4n) is 1.90. The van der Waals surface area contributed by atoms with E-state index in [0.717, 1.165) is 11.3 Å². The molecule has 1 aromatic rings. The Balaban J connectivity index is 2.70. The van der Waals surface area contributed by atoms with E-state index in [1.807, 2.05) is 38.1 Å². The molecule has 1 N–H and O–H groups in total. The lowest BCUT2D eigenvalue weighted by Crippen LogP contribution is -2.32. The lowest BCUT2D eigenvalue weighted by molar-refractivity contribution is 0.610. The second-order valence-electron chi connectivity index (χ2n) is 4.67. The quantitative estimate of drug-likeness (QED) is 0.815. The van der Waals surface area contributed by atoms with Crippen LogP contribution in [0.4, 0.5) is 5.69 Å². The van der Waals surface area contributed by atoms with Crippen LogP contribution < -0.4 is 5.32 Å². The summed E-state index contributed by atoms with van der Waals surface area (Å²) in [5.41, 5.74) is 1.28. The molecule has 2 rings (SSSR count). The summed E-state index contributed by atoms with van der Waals surface area (Å²) < 4.78 is 23.5. The van der Waals surface area contributed by atoms with Gasteiger partial charge in [0.05, 0.1) is 10.4 Å². The van der Waals surface area contributed by atoms with Crippen LogP contribution in [0.3, 0.4) is 0 Å². The number of para-hydroxylation sites is 1. The van der Waals surface area contributed by atoms with Crippen LogP contribution in [0.25, 0.3) is 4.91 Å². The van der Waals surface area contributed by atoms with Crippen molar-refractivity contribution >= 4 is 20.4 Å². The van der Waals surface area contributed by atoms with Crippen molar-refractivity contribution in [3.8, 4) is 0 Å². The Labute approximate surface area is 96.1 Å². The molecule has 86 valence electrons. The molecular formula is C12H15NO2S. The highest BCUT2D eigenvalue weighted by Gasteiger charge is 2.28. The van der Waals surface area contributed by atoms with Crippen molar-refractivity contribution in [1.82, 2.24) is 0 Å². The Morgan fingerprint density at radius 3 is 2.44 bits per heavy atom. The Bertz CT molecular complexity index is 556. The molecule has 0 saturated carbocycles. The molecule has 0 aromatic heterocycles. The predicted octanol–water partition coefficient (Wildman–Crippen LogP) is 2.28. The number of hydrogen-bond acceptors (Lipinski definition) is 3. The average molecular weight is 237 g/mol. The highest BCUT2D eigenvalue weighted by Crippen LogP contribution is 2.35. The molecule has 1 aromatic carbocycles. The van der Waals surface area contributed by atoms with Gasteiger partial charge in [0.2, 0.25) is 0 Å². The van der Waals surface area contributed by atoms with E-state index in [0.29, 0.717) is 4.91 Å². The van der Waals surface area contributed by atoms with Crippen molar-refractivity contribution < 1.29 is 8.42 Å². The van der Waals surface area contributed by atoms with Gasteiger partial charge in [-0.05, 0) is 26.0 Å². The molecular weight excluding hydrogens is 222 g/mol. The molecule has 1 aliphatic heterocycles. The van der Waals surface area contributed by atoms with Crippen LogP contribution in [0.2, 0.25) is 0 Å². The van der Waals surface area contributed by atoms with Gasteiger partial charge in [0.15, 0.2) is 9.84 Å². The predicted molar refractivity (Wildman–Crippen MR) is 67.0 cm³/mol. The molecule has 0 aliphatic carbocycles. The number of nitrogens with one attached hydrogen (secondary N) is 1. The van der Waals surface area contributed by atoms with E-state index in [1.165, 1.54) is 6.26 Å². The van der Waals surface area contributed by atoms with Crippen molar-refractivity contribution in [3.63, 3.8) is 0 Å². The highest BCUT2D eigenvalue weighted by molar-refractivity contribution is 8.00.